The predicted molar refractivity (Wildman–Crippen MR) is 107 cm³/mol. The van der Waals surface area contributed by atoms with E-state index in [1.807, 2.05) is 13.0 Å². The summed E-state index contributed by atoms with van der Waals surface area (Å²) in [6.45, 7) is 2.32. The summed E-state index contributed by atoms with van der Waals surface area (Å²) in [5, 5.41) is 0. The Morgan fingerprint density at radius 3 is 1.86 bits per heavy atom. The van der Waals surface area contributed by atoms with Crippen LogP contribution in [0.15, 0.2) is 36.4 Å². The van der Waals surface area contributed by atoms with Gasteiger partial charge in [-0.15, -0.1) is 0 Å². The molecule has 0 aromatic heterocycles. The molecule has 2 aromatic rings. The first-order valence-electron chi connectivity index (χ1n) is 8.61. The monoisotopic (exact) mass is 387 g/mol. The van der Waals surface area contributed by atoms with Crippen LogP contribution in [0.2, 0.25) is 0 Å². The summed E-state index contributed by atoms with van der Waals surface area (Å²) in [7, 11) is 6.17. The number of primary amides is 1. The molecule has 0 radical (unpaired) electrons. The standard InChI is InChI=1S/C21H25NO6/c1-6-28-21-18(26-4)10-14(11-19(21)27-5)15(12-20(22)23)13-7-8-16(24-2)17(9-13)25-3/h7-12H,6H2,1-5H3,(H2,22,23)/b15-12-. The van der Waals surface area contributed by atoms with Crippen molar-refractivity contribution in [1.82, 2.24) is 0 Å². The smallest absolute Gasteiger partial charge is 0.242 e. The van der Waals surface area contributed by atoms with Gasteiger partial charge >= 0.3 is 0 Å². The van der Waals surface area contributed by atoms with Gasteiger partial charge in [0.2, 0.25) is 11.7 Å². The molecule has 0 saturated heterocycles. The van der Waals surface area contributed by atoms with Crippen LogP contribution >= 0.6 is 0 Å². The first kappa shape index (κ1) is 21.0. The fourth-order valence-electron chi connectivity index (χ4n) is 2.80. The van der Waals surface area contributed by atoms with Crippen LogP contribution in [-0.4, -0.2) is 41.0 Å². The topological polar surface area (TPSA) is 89.2 Å². The number of hydrogen-bond donors (Lipinski definition) is 1. The summed E-state index contributed by atoms with van der Waals surface area (Å²) in [5.41, 5.74) is 7.41. The highest BCUT2D eigenvalue weighted by molar-refractivity contribution is 5.99. The summed E-state index contributed by atoms with van der Waals surface area (Å²) in [6, 6.07) is 8.86. The quantitative estimate of drug-likeness (QED) is 0.665. The van der Waals surface area contributed by atoms with E-state index in [9.17, 15) is 4.79 Å². The van der Waals surface area contributed by atoms with Gasteiger partial charge in [0.25, 0.3) is 0 Å². The Labute approximate surface area is 164 Å². The Morgan fingerprint density at radius 2 is 1.39 bits per heavy atom. The van der Waals surface area contributed by atoms with Crippen molar-refractivity contribution < 1.29 is 28.5 Å². The van der Waals surface area contributed by atoms with E-state index in [0.717, 1.165) is 0 Å². The lowest BCUT2D eigenvalue weighted by Gasteiger charge is -2.17. The van der Waals surface area contributed by atoms with E-state index >= 15 is 0 Å². The van der Waals surface area contributed by atoms with E-state index in [2.05, 4.69) is 0 Å². The number of hydrogen-bond acceptors (Lipinski definition) is 6. The zero-order valence-corrected chi connectivity index (χ0v) is 16.7. The van der Waals surface area contributed by atoms with Crippen LogP contribution in [0, 0.1) is 0 Å². The van der Waals surface area contributed by atoms with E-state index in [1.165, 1.54) is 20.3 Å². The lowest BCUT2D eigenvalue weighted by Crippen LogP contribution is -2.08. The first-order chi connectivity index (χ1) is 13.5. The molecule has 7 nitrogen and oxygen atoms in total. The minimum Gasteiger partial charge on any atom is -0.493 e. The summed E-state index contributed by atoms with van der Waals surface area (Å²) >= 11 is 0. The van der Waals surface area contributed by atoms with Gasteiger partial charge < -0.3 is 29.4 Å². The molecule has 0 unspecified atom stereocenters. The Hall–Kier alpha value is -3.35. The summed E-state index contributed by atoms with van der Waals surface area (Å²) in [4.78, 5) is 11.7. The molecule has 0 bridgehead atoms. The van der Waals surface area contributed by atoms with Gasteiger partial charge in [-0.1, -0.05) is 6.07 Å². The van der Waals surface area contributed by atoms with Crippen molar-refractivity contribution in [1.29, 1.82) is 0 Å². The number of nitrogens with two attached hydrogens (primary N) is 1. The number of carbonyl (C=O) groups is 1. The highest BCUT2D eigenvalue weighted by Crippen LogP contribution is 2.42. The molecule has 7 heteroatoms. The Morgan fingerprint density at radius 1 is 0.857 bits per heavy atom. The Bertz CT molecular complexity index is 850. The third-order valence-electron chi connectivity index (χ3n) is 4.04. The maximum absolute atomic E-state index is 11.7. The van der Waals surface area contributed by atoms with E-state index in [-0.39, 0.29) is 0 Å². The minimum atomic E-state index is -0.586. The summed E-state index contributed by atoms with van der Waals surface area (Å²) in [6.07, 6.45) is 1.34. The summed E-state index contributed by atoms with van der Waals surface area (Å²) in [5.74, 6) is 1.96. The minimum absolute atomic E-state index is 0.450. The number of methoxy groups -OCH3 is 4. The Kier molecular flexibility index (Phi) is 7.14. The second-order valence-electron chi connectivity index (χ2n) is 5.67. The van der Waals surface area contributed by atoms with E-state index in [1.54, 1.807) is 38.5 Å². The molecule has 0 heterocycles. The molecule has 28 heavy (non-hydrogen) atoms. The van der Waals surface area contributed by atoms with Gasteiger partial charge in [0.05, 0.1) is 35.0 Å². The molecule has 0 aliphatic heterocycles. The number of amides is 1. The van der Waals surface area contributed by atoms with Crippen LogP contribution in [0.5, 0.6) is 28.7 Å². The number of ether oxygens (including phenoxy) is 5. The molecular formula is C21H25NO6. The molecule has 0 fully saturated rings. The van der Waals surface area contributed by atoms with E-state index in [0.29, 0.717) is 52.1 Å². The largest absolute Gasteiger partial charge is 0.493 e. The van der Waals surface area contributed by atoms with Crippen LogP contribution < -0.4 is 29.4 Å². The molecule has 2 rings (SSSR count). The van der Waals surface area contributed by atoms with Crippen molar-refractivity contribution in [2.75, 3.05) is 35.0 Å². The fourth-order valence-corrected chi connectivity index (χ4v) is 2.80. The van der Waals surface area contributed by atoms with E-state index < -0.39 is 5.91 Å². The van der Waals surface area contributed by atoms with Gasteiger partial charge in [0.1, 0.15) is 0 Å². The average Bonchev–Trinajstić information content (AvgIpc) is 2.71. The summed E-state index contributed by atoms with van der Waals surface area (Å²) < 4.78 is 27.2. The second-order valence-corrected chi connectivity index (χ2v) is 5.67. The van der Waals surface area contributed by atoms with Crippen molar-refractivity contribution in [3.8, 4) is 28.7 Å². The van der Waals surface area contributed by atoms with Gasteiger partial charge in [-0.05, 0) is 47.9 Å². The molecule has 150 valence electrons. The third kappa shape index (κ3) is 4.49. The zero-order chi connectivity index (χ0) is 20.7. The first-order valence-corrected chi connectivity index (χ1v) is 8.61. The van der Waals surface area contributed by atoms with Crippen molar-refractivity contribution in [3.63, 3.8) is 0 Å². The normalized spacial score (nSPS) is 11.0. The third-order valence-corrected chi connectivity index (χ3v) is 4.04. The molecule has 0 aliphatic carbocycles. The number of carbonyl (C=O) groups excluding carboxylic acids is 1. The molecule has 1 amide bonds. The molecule has 0 aliphatic rings. The maximum atomic E-state index is 11.7. The molecule has 2 aromatic carbocycles. The lowest BCUT2D eigenvalue weighted by atomic mass is 9.96. The maximum Gasteiger partial charge on any atom is 0.242 e. The van der Waals surface area contributed by atoms with Crippen molar-refractivity contribution >= 4 is 11.5 Å². The second kappa shape index (κ2) is 9.55. The lowest BCUT2D eigenvalue weighted by molar-refractivity contribution is -0.113. The molecule has 2 N–H and O–H groups in total. The SMILES string of the molecule is CCOc1c(OC)cc(/C(=C\C(N)=O)c2ccc(OC)c(OC)c2)cc1OC. The fraction of sp³-hybridized carbons (Fsp3) is 0.286. The van der Waals surface area contributed by atoms with Gasteiger partial charge in [0.15, 0.2) is 23.0 Å². The molecule has 0 spiro atoms. The van der Waals surface area contributed by atoms with E-state index in [4.69, 9.17) is 29.4 Å². The van der Waals surface area contributed by atoms with Crippen LogP contribution in [0.3, 0.4) is 0 Å². The van der Waals surface area contributed by atoms with Gasteiger partial charge in [0, 0.05) is 6.08 Å². The molecular weight excluding hydrogens is 362 g/mol. The van der Waals surface area contributed by atoms with Crippen LogP contribution in [0.4, 0.5) is 0 Å². The average molecular weight is 387 g/mol. The van der Waals surface area contributed by atoms with Crippen LogP contribution in [-0.2, 0) is 4.79 Å². The van der Waals surface area contributed by atoms with Crippen molar-refractivity contribution in [2.24, 2.45) is 5.73 Å². The molecule has 0 saturated carbocycles. The van der Waals surface area contributed by atoms with Gasteiger partial charge in [-0.3, -0.25) is 4.79 Å². The van der Waals surface area contributed by atoms with Crippen molar-refractivity contribution in [3.05, 3.63) is 47.5 Å². The Balaban J connectivity index is 2.69. The highest BCUT2D eigenvalue weighted by atomic mass is 16.5. The highest BCUT2D eigenvalue weighted by Gasteiger charge is 2.18. The molecule has 0 atom stereocenters. The van der Waals surface area contributed by atoms with Gasteiger partial charge in [-0.25, -0.2) is 0 Å². The number of rotatable bonds is 9. The van der Waals surface area contributed by atoms with Crippen LogP contribution in [0.25, 0.3) is 5.57 Å². The van der Waals surface area contributed by atoms with Crippen molar-refractivity contribution in [2.45, 2.75) is 6.92 Å². The number of benzene rings is 2. The predicted octanol–water partition coefficient (Wildman–Crippen LogP) is 3.04. The van der Waals surface area contributed by atoms with Gasteiger partial charge in [-0.2, -0.15) is 0 Å². The van der Waals surface area contributed by atoms with Crippen LogP contribution in [0.1, 0.15) is 18.1 Å². The zero-order valence-electron chi connectivity index (χ0n) is 16.7.